The number of fused-ring (bicyclic) bond motifs is 3. The van der Waals surface area contributed by atoms with Crippen molar-refractivity contribution in [3.05, 3.63) is 68.4 Å². The van der Waals surface area contributed by atoms with E-state index in [-0.39, 0.29) is 17.6 Å². The Morgan fingerprint density at radius 3 is 2.75 bits per heavy atom. The molecule has 0 atom stereocenters. The molecule has 0 spiro atoms. The van der Waals surface area contributed by atoms with Gasteiger partial charge in [0.2, 0.25) is 5.78 Å². The highest BCUT2D eigenvalue weighted by Crippen LogP contribution is 2.12. The number of H-pyrrole nitrogens is 1. The van der Waals surface area contributed by atoms with E-state index in [1.807, 2.05) is 6.92 Å². The number of aromatic amines is 1. The third kappa shape index (κ3) is 1.92. The number of rotatable bonds is 2. The van der Waals surface area contributed by atoms with Gasteiger partial charge in [-0.1, -0.05) is 18.2 Å². The number of hydrogen-bond acceptors (Lipinski definition) is 3. The van der Waals surface area contributed by atoms with Gasteiger partial charge < -0.3 is 4.98 Å². The van der Waals surface area contributed by atoms with E-state index in [2.05, 4.69) is 9.97 Å². The van der Waals surface area contributed by atoms with Crippen molar-refractivity contribution >= 4 is 16.9 Å². The maximum atomic E-state index is 13.9. The van der Waals surface area contributed by atoms with Crippen LogP contribution in [0.4, 0.5) is 4.39 Å². The van der Waals surface area contributed by atoms with E-state index in [0.717, 1.165) is 10.3 Å². The molecule has 0 bridgehead atoms. The molecule has 122 valence electrons. The molecule has 0 fully saturated rings. The fourth-order valence-corrected chi connectivity index (χ4v) is 2.89. The molecule has 1 aromatic carbocycles. The monoisotopic (exact) mass is 327 g/mol. The number of aromatic nitrogens is 5. The van der Waals surface area contributed by atoms with Crippen LogP contribution in [-0.2, 0) is 13.6 Å². The molecule has 1 N–H and O–H groups in total. The van der Waals surface area contributed by atoms with E-state index in [0.29, 0.717) is 11.4 Å². The molecule has 0 radical (unpaired) electrons. The predicted molar refractivity (Wildman–Crippen MR) is 86.8 cm³/mol. The quantitative estimate of drug-likeness (QED) is 0.600. The third-order valence-corrected chi connectivity index (χ3v) is 4.09. The number of imidazole rings is 2. The number of aryl methyl sites for hydroxylation is 2. The Kier molecular flexibility index (Phi) is 2.96. The summed E-state index contributed by atoms with van der Waals surface area (Å²) in [5.74, 6) is 0.0284. The van der Waals surface area contributed by atoms with Crippen molar-refractivity contribution in [1.82, 2.24) is 23.5 Å². The molecule has 3 heterocycles. The van der Waals surface area contributed by atoms with Crippen LogP contribution in [0.3, 0.4) is 0 Å². The number of nitrogens with zero attached hydrogens (tertiary/aromatic N) is 4. The lowest BCUT2D eigenvalue weighted by Crippen LogP contribution is -2.39. The van der Waals surface area contributed by atoms with E-state index < -0.39 is 17.1 Å². The van der Waals surface area contributed by atoms with Crippen molar-refractivity contribution in [2.45, 2.75) is 13.5 Å². The summed E-state index contributed by atoms with van der Waals surface area (Å²) in [7, 11) is 1.54. The predicted octanol–water partition coefficient (Wildman–Crippen LogP) is 1.17. The van der Waals surface area contributed by atoms with Crippen molar-refractivity contribution in [3.8, 4) is 0 Å². The Balaban J connectivity index is 2.05. The molecule has 7 nitrogen and oxygen atoms in total. The number of halogens is 1. The van der Waals surface area contributed by atoms with Crippen LogP contribution in [0.2, 0.25) is 0 Å². The second-order valence-electron chi connectivity index (χ2n) is 5.74. The fraction of sp³-hybridized carbons (Fsp3) is 0.188. The largest absolute Gasteiger partial charge is 0.332 e. The zero-order valence-electron chi connectivity index (χ0n) is 13.1. The molecule has 8 heteroatoms. The number of benzene rings is 1. The molecule has 24 heavy (non-hydrogen) atoms. The van der Waals surface area contributed by atoms with E-state index in [9.17, 15) is 14.0 Å². The van der Waals surface area contributed by atoms with Gasteiger partial charge in [-0.05, 0) is 13.0 Å². The van der Waals surface area contributed by atoms with Crippen LogP contribution in [-0.4, -0.2) is 23.5 Å². The number of nitrogens with one attached hydrogen (secondary N) is 1. The lowest BCUT2D eigenvalue weighted by Gasteiger charge is -2.08. The van der Waals surface area contributed by atoms with Crippen LogP contribution in [0.15, 0.2) is 40.1 Å². The lowest BCUT2D eigenvalue weighted by molar-refractivity contribution is 0.582. The Morgan fingerprint density at radius 1 is 1.25 bits per heavy atom. The van der Waals surface area contributed by atoms with Crippen LogP contribution >= 0.6 is 0 Å². The topological polar surface area (TPSA) is 77.1 Å². The minimum atomic E-state index is -0.534. The molecule has 0 aliphatic rings. The first kappa shape index (κ1) is 14.4. The summed E-state index contributed by atoms with van der Waals surface area (Å²) < 4.78 is 17.8. The Bertz CT molecular complexity index is 1210. The molecule has 0 saturated heterocycles. The van der Waals surface area contributed by atoms with Crippen LogP contribution in [0.1, 0.15) is 11.3 Å². The average Bonchev–Trinajstić information content (AvgIpc) is 3.07. The van der Waals surface area contributed by atoms with Gasteiger partial charge >= 0.3 is 5.69 Å². The smallest absolute Gasteiger partial charge is 0.328 e. The summed E-state index contributed by atoms with van der Waals surface area (Å²) >= 11 is 0. The highest BCUT2D eigenvalue weighted by Gasteiger charge is 2.18. The second kappa shape index (κ2) is 4.92. The maximum Gasteiger partial charge on any atom is 0.332 e. The lowest BCUT2D eigenvalue weighted by atomic mass is 10.2. The molecule has 4 rings (SSSR count). The van der Waals surface area contributed by atoms with E-state index in [4.69, 9.17) is 0 Å². The fourth-order valence-electron chi connectivity index (χ4n) is 2.89. The van der Waals surface area contributed by atoms with E-state index in [1.54, 1.807) is 35.8 Å². The minimum absolute atomic E-state index is 0.134. The summed E-state index contributed by atoms with van der Waals surface area (Å²) in [6.45, 7) is 1.71. The van der Waals surface area contributed by atoms with Crippen molar-refractivity contribution in [2.24, 2.45) is 7.05 Å². The summed E-state index contributed by atoms with van der Waals surface area (Å²) in [5, 5.41) is 0. The zero-order chi connectivity index (χ0) is 17.0. The van der Waals surface area contributed by atoms with Gasteiger partial charge in [0.15, 0.2) is 11.2 Å². The molecule has 0 amide bonds. The molecule has 0 unspecified atom stereocenters. The zero-order valence-corrected chi connectivity index (χ0v) is 13.1. The second-order valence-corrected chi connectivity index (χ2v) is 5.74. The van der Waals surface area contributed by atoms with Gasteiger partial charge in [0.25, 0.3) is 5.56 Å². The Labute approximate surface area is 134 Å². The van der Waals surface area contributed by atoms with E-state index >= 15 is 0 Å². The van der Waals surface area contributed by atoms with Crippen molar-refractivity contribution in [1.29, 1.82) is 0 Å². The first-order chi connectivity index (χ1) is 11.5. The first-order valence-electron chi connectivity index (χ1n) is 7.38. The molecular formula is C16H14FN5O2. The minimum Gasteiger partial charge on any atom is -0.328 e. The third-order valence-electron chi connectivity index (χ3n) is 4.09. The molecule has 0 saturated carbocycles. The number of hydrogen-bond donors (Lipinski definition) is 1. The summed E-state index contributed by atoms with van der Waals surface area (Å²) in [6, 6.07) is 6.08. The first-order valence-corrected chi connectivity index (χ1v) is 7.38. The van der Waals surface area contributed by atoms with Crippen LogP contribution in [0.5, 0.6) is 0 Å². The summed E-state index contributed by atoms with van der Waals surface area (Å²) in [5.41, 5.74) is 0.667. The highest BCUT2D eigenvalue weighted by molar-refractivity contribution is 5.75. The van der Waals surface area contributed by atoms with Gasteiger partial charge in [0, 0.05) is 24.5 Å². The van der Waals surface area contributed by atoms with Crippen molar-refractivity contribution < 1.29 is 4.39 Å². The van der Waals surface area contributed by atoms with Crippen LogP contribution in [0, 0.1) is 12.7 Å². The van der Waals surface area contributed by atoms with Gasteiger partial charge in [-0.3, -0.25) is 18.3 Å². The summed E-state index contributed by atoms with van der Waals surface area (Å²) in [6.07, 6.45) is 1.74. The molecule has 0 aliphatic heterocycles. The van der Waals surface area contributed by atoms with Crippen molar-refractivity contribution in [2.75, 3.05) is 0 Å². The normalized spacial score (nSPS) is 11.6. The Morgan fingerprint density at radius 2 is 2.00 bits per heavy atom. The van der Waals surface area contributed by atoms with Gasteiger partial charge in [-0.15, -0.1) is 0 Å². The van der Waals surface area contributed by atoms with Gasteiger partial charge in [0.1, 0.15) is 5.82 Å². The maximum absolute atomic E-state index is 13.9. The average molecular weight is 327 g/mol. The Hall–Kier alpha value is -3.16. The van der Waals surface area contributed by atoms with Gasteiger partial charge in [0.05, 0.1) is 6.54 Å². The molecule has 4 aromatic rings. The van der Waals surface area contributed by atoms with Crippen LogP contribution in [0.25, 0.3) is 16.9 Å². The summed E-state index contributed by atoms with van der Waals surface area (Å²) in [4.78, 5) is 32.7. The van der Waals surface area contributed by atoms with Crippen LogP contribution < -0.4 is 11.2 Å². The standard InChI is InChI=1S/C16H14FN5O2/c1-9-7-21-12-13(19-15(21)18-9)20(2)16(24)22(14(12)23)8-10-5-3-4-6-11(10)17/h3-7H,8H2,1-2H3,(H,18,19). The molecule has 0 aliphatic carbocycles. The molecule has 3 aromatic heterocycles. The van der Waals surface area contributed by atoms with Gasteiger partial charge in [-0.2, -0.15) is 4.98 Å². The molecular weight excluding hydrogens is 313 g/mol. The highest BCUT2D eigenvalue weighted by atomic mass is 19.1. The van der Waals surface area contributed by atoms with Crippen molar-refractivity contribution in [3.63, 3.8) is 0 Å². The van der Waals surface area contributed by atoms with E-state index in [1.165, 1.54) is 10.6 Å². The SMILES string of the molecule is Cc1cn2c(nc3c2c(=O)n(Cc2ccccc2F)c(=O)n3C)[nH]1. The van der Waals surface area contributed by atoms with Gasteiger partial charge in [-0.25, -0.2) is 9.18 Å².